The number of nitrogens with zero attached hydrogens (tertiary/aromatic N) is 5. The van der Waals surface area contributed by atoms with Crippen LogP contribution in [0.25, 0.3) is 5.69 Å². The second-order valence-electron chi connectivity index (χ2n) is 6.30. The molecule has 0 aliphatic heterocycles. The number of carbonyl (C=O) groups is 1. The third-order valence-corrected chi connectivity index (χ3v) is 4.17. The molecule has 140 valence electrons. The third kappa shape index (κ3) is 3.80. The molecule has 4 aromatic rings. The van der Waals surface area contributed by atoms with Crippen molar-refractivity contribution in [2.45, 2.75) is 13.5 Å². The van der Waals surface area contributed by atoms with Gasteiger partial charge in [0, 0.05) is 11.6 Å². The minimum Gasteiger partial charge on any atom is -0.306 e. The van der Waals surface area contributed by atoms with E-state index in [1.807, 2.05) is 19.1 Å². The molecule has 1 N–H and O–H groups in total. The zero-order chi connectivity index (χ0) is 19.5. The summed E-state index contributed by atoms with van der Waals surface area (Å²) >= 11 is 0. The van der Waals surface area contributed by atoms with Gasteiger partial charge in [-0.2, -0.15) is 10.2 Å². The zero-order valence-corrected chi connectivity index (χ0v) is 15.1. The Morgan fingerprint density at radius 1 is 1.11 bits per heavy atom. The predicted octanol–water partition coefficient (Wildman–Crippen LogP) is 3.21. The first-order valence-corrected chi connectivity index (χ1v) is 8.64. The molecule has 0 unspecified atom stereocenters. The van der Waals surface area contributed by atoms with Crippen molar-refractivity contribution in [2.75, 3.05) is 5.32 Å². The van der Waals surface area contributed by atoms with Gasteiger partial charge in [0.25, 0.3) is 5.91 Å². The van der Waals surface area contributed by atoms with E-state index in [2.05, 4.69) is 20.5 Å². The van der Waals surface area contributed by atoms with Crippen molar-refractivity contribution < 1.29 is 9.18 Å². The highest BCUT2D eigenvalue weighted by Gasteiger charge is 2.13. The fourth-order valence-electron chi connectivity index (χ4n) is 2.82. The van der Waals surface area contributed by atoms with Crippen molar-refractivity contribution >= 4 is 11.7 Å². The van der Waals surface area contributed by atoms with Crippen molar-refractivity contribution in [3.05, 3.63) is 89.9 Å². The van der Waals surface area contributed by atoms with Crippen LogP contribution in [-0.2, 0) is 6.54 Å². The van der Waals surface area contributed by atoms with Crippen LogP contribution in [0, 0.1) is 12.7 Å². The first kappa shape index (κ1) is 17.6. The van der Waals surface area contributed by atoms with E-state index >= 15 is 0 Å². The highest BCUT2D eigenvalue weighted by molar-refractivity contribution is 6.04. The smallest absolute Gasteiger partial charge is 0.256 e. The van der Waals surface area contributed by atoms with Gasteiger partial charge in [-0.15, -0.1) is 0 Å². The Bertz CT molecular complexity index is 1080. The molecule has 0 aliphatic carbocycles. The molecule has 0 fully saturated rings. The number of aromatic nitrogens is 5. The lowest BCUT2D eigenvalue weighted by atomic mass is 10.1. The number of aryl methyl sites for hydroxylation is 1. The monoisotopic (exact) mass is 376 g/mol. The maximum Gasteiger partial charge on any atom is 0.256 e. The number of hydrogen-bond acceptors (Lipinski definition) is 4. The minimum absolute atomic E-state index is 0.254. The summed E-state index contributed by atoms with van der Waals surface area (Å²) in [6.07, 6.45) is 3.12. The van der Waals surface area contributed by atoms with Gasteiger partial charge in [-0.3, -0.25) is 4.79 Å². The lowest BCUT2D eigenvalue weighted by Crippen LogP contribution is -2.15. The van der Waals surface area contributed by atoms with Crippen LogP contribution in [0.2, 0.25) is 0 Å². The molecule has 4 rings (SSSR count). The molecular formula is C20H17FN6O. The number of rotatable bonds is 5. The van der Waals surface area contributed by atoms with Gasteiger partial charge in [0.2, 0.25) is 0 Å². The van der Waals surface area contributed by atoms with E-state index in [1.165, 1.54) is 18.5 Å². The molecule has 0 saturated carbocycles. The average molecular weight is 376 g/mol. The van der Waals surface area contributed by atoms with Crippen molar-refractivity contribution in [1.82, 2.24) is 24.5 Å². The normalized spacial score (nSPS) is 10.8. The standard InChI is InChI=1S/C20H17FN6O/c1-14-10-19(27(25-14)18-8-6-17(21)7-9-18)24-20(28)16-4-2-15(3-5-16)11-26-13-22-12-23-26/h2-10,12-13H,11H2,1H3,(H,24,28). The molecule has 2 aromatic carbocycles. The van der Waals surface area contributed by atoms with Gasteiger partial charge in [0.1, 0.15) is 24.3 Å². The van der Waals surface area contributed by atoms with E-state index in [9.17, 15) is 9.18 Å². The molecule has 0 bridgehead atoms. The van der Waals surface area contributed by atoms with Crippen LogP contribution < -0.4 is 5.32 Å². The number of hydrogen-bond donors (Lipinski definition) is 1. The molecule has 0 spiro atoms. The van der Waals surface area contributed by atoms with Crippen LogP contribution in [0.1, 0.15) is 21.6 Å². The molecule has 0 aliphatic rings. The summed E-state index contributed by atoms with van der Waals surface area (Å²) in [7, 11) is 0. The van der Waals surface area contributed by atoms with Crippen LogP contribution in [0.3, 0.4) is 0 Å². The molecule has 2 aromatic heterocycles. The van der Waals surface area contributed by atoms with Crippen LogP contribution in [0.4, 0.5) is 10.2 Å². The van der Waals surface area contributed by atoms with E-state index in [4.69, 9.17) is 0 Å². The summed E-state index contributed by atoms with van der Waals surface area (Å²) in [5.74, 6) is -0.0689. The van der Waals surface area contributed by atoms with Crippen LogP contribution in [0.15, 0.2) is 67.3 Å². The molecule has 1 amide bonds. The second-order valence-corrected chi connectivity index (χ2v) is 6.30. The van der Waals surface area contributed by atoms with Gasteiger partial charge in [-0.05, 0) is 48.9 Å². The Labute approximate surface area is 160 Å². The molecule has 0 saturated heterocycles. The predicted molar refractivity (Wildman–Crippen MR) is 102 cm³/mol. The van der Waals surface area contributed by atoms with Crippen molar-refractivity contribution in [3.63, 3.8) is 0 Å². The fraction of sp³-hybridized carbons (Fsp3) is 0.100. The van der Waals surface area contributed by atoms with Crippen LogP contribution in [0.5, 0.6) is 0 Å². The summed E-state index contributed by atoms with van der Waals surface area (Å²) in [4.78, 5) is 16.6. The lowest BCUT2D eigenvalue weighted by molar-refractivity contribution is 0.102. The summed E-state index contributed by atoms with van der Waals surface area (Å²) in [6.45, 7) is 2.41. The molecule has 2 heterocycles. The molecule has 0 radical (unpaired) electrons. The van der Waals surface area contributed by atoms with E-state index in [-0.39, 0.29) is 11.7 Å². The van der Waals surface area contributed by atoms with Gasteiger partial charge < -0.3 is 5.32 Å². The highest BCUT2D eigenvalue weighted by atomic mass is 19.1. The van der Waals surface area contributed by atoms with E-state index in [0.717, 1.165) is 11.3 Å². The SMILES string of the molecule is Cc1cc(NC(=O)c2ccc(Cn3cncn3)cc2)n(-c2ccc(F)cc2)n1. The Kier molecular flexibility index (Phi) is 4.67. The quantitative estimate of drug-likeness (QED) is 0.580. The minimum atomic E-state index is -0.329. The largest absolute Gasteiger partial charge is 0.306 e. The fourth-order valence-corrected chi connectivity index (χ4v) is 2.82. The maximum atomic E-state index is 13.2. The zero-order valence-electron chi connectivity index (χ0n) is 15.1. The van der Waals surface area contributed by atoms with Crippen molar-refractivity contribution in [2.24, 2.45) is 0 Å². The maximum absolute atomic E-state index is 13.2. The van der Waals surface area contributed by atoms with Crippen molar-refractivity contribution in [1.29, 1.82) is 0 Å². The first-order chi connectivity index (χ1) is 13.6. The third-order valence-electron chi connectivity index (χ3n) is 4.17. The summed E-state index contributed by atoms with van der Waals surface area (Å²) in [5.41, 5.74) is 2.93. The van der Waals surface area contributed by atoms with Gasteiger partial charge in [0.15, 0.2) is 0 Å². The Hall–Kier alpha value is -3.81. The molecular weight excluding hydrogens is 359 g/mol. The second kappa shape index (κ2) is 7.43. The molecule has 7 nitrogen and oxygen atoms in total. The number of halogens is 1. The number of anilines is 1. The highest BCUT2D eigenvalue weighted by Crippen LogP contribution is 2.18. The number of nitrogens with one attached hydrogen (secondary N) is 1. The Morgan fingerprint density at radius 3 is 2.54 bits per heavy atom. The van der Waals surface area contributed by atoms with Crippen LogP contribution >= 0.6 is 0 Å². The number of amides is 1. The summed E-state index contributed by atoms with van der Waals surface area (Å²) in [6, 6.07) is 14.9. The number of benzene rings is 2. The van der Waals surface area contributed by atoms with Gasteiger partial charge >= 0.3 is 0 Å². The van der Waals surface area contributed by atoms with E-state index < -0.39 is 0 Å². The average Bonchev–Trinajstić information content (AvgIpc) is 3.32. The van der Waals surface area contributed by atoms with Crippen LogP contribution in [-0.4, -0.2) is 30.5 Å². The molecule has 28 heavy (non-hydrogen) atoms. The molecule has 0 atom stereocenters. The summed E-state index contributed by atoms with van der Waals surface area (Å²) < 4.78 is 16.5. The molecule has 8 heteroatoms. The number of carbonyl (C=O) groups excluding carboxylic acids is 1. The van der Waals surface area contributed by atoms with Gasteiger partial charge in [-0.1, -0.05) is 12.1 Å². The first-order valence-electron chi connectivity index (χ1n) is 8.64. The van der Waals surface area contributed by atoms with E-state index in [0.29, 0.717) is 23.6 Å². The topological polar surface area (TPSA) is 77.6 Å². The van der Waals surface area contributed by atoms with Crippen molar-refractivity contribution in [3.8, 4) is 5.69 Å². The Morgan fingerprint density at radius 2 is 1.86 bits per heavy atom. The lowest BCUT2D eigenvalue weighted by Gasteiger charge is -2.09. The van der Waals surface area contributed by atoms with Gasteiger partial charge in [-0.25, -0.2) is 18.7 Å². The van der Waals surface area contributed by atoms with Gasteiger partial charge in [0.05, 0.1) is 17.9 Å². The Balaban J connectivity index is 1.51. The van der Waals surface area contributed by atoms with E-state index in [1.54, 1.807) is 46.0 Å². The summed E-state index contributed by atoms with van der Waals surface area (Å²) in [5, 5.41) is 11.3.